The third-order valence-electron chi connectivity index (χ3n) is 3.65. The highest BCUT2D eigenvalue weighted by molar-refractivity contribution is 5.76. The summed E-state index contributed by atoms with van der Waals surface area (Å²) in [6.07, 6.45) is -5.32. The summed E-state index contributed by atoms with van der Waals surface area (Å²) in [5.41, 5.74) is 0.918. The van der Waals surface area contributed by atoms with Gasteiger partial charge in [-0.05, 0) is 24.1 Å². The Morgan fingerprint density at radius 2 is 2.22 bits per heavy atom. The largest absolute Gasteiger partial charge is 0.504 e. The van der Waals surface area contributed by atoms with Gasteiger partial charge in [0.05, 0.1) is 7.11 Å². The van der Waals surface area contributed by atoms with Gasteiger partial charge in [-0.1, -0.05) is 6.07 Å². The second-order valence-corrected chi connectivity index (χ2v) is 5.59. The van der Waals surface area contributed by atoms with Crippen molar-refractivity contribution in [1.29, 1.82) is 0 Å². The van der Waals surface area contributed by atoms with Crippen LogP contribution in [0.2, 0.25) is 0 Å². The summed E-state index contributed by atoms with van der Waals surface area (Å²) in [6.45, 7) is 1.75. The predicted molar refractivity (Wildman–Crippen MR) is 77.2 cm³/mol. The Hall–Kier alpha value is -1.96. The Kier molecular flexibility index (Phi) is 5.35. The molecular weight excluding hydrogens is 313 g/mol. The second kappa shape index (κ2) is 7.08. The molecule has 23 heavy (non-hydrogen) atoms. The summed E-state index contributed by atoms with van der Waals surface area (Å²) < 4.78 is 41.5. The molecule has 1 amide bonds. The van der Waals surface area contributed by atoms with Crippen molar-refractivity contribution in [2.24, 2.45) is 0 Å². The van der Waals surface area contributed by atoms with Gasteiger partial charge in [0.25, 0.3) is 0 Å². The lowest BCUT2D eigenvalue weighted by Gasteiger charge is -2.17. The van der Waals surface area contributed by atoms with Crippen LogP contribution >= 0.6 is 0 Å². The maximum absolute atomic E-state index is 12.1. The van der Waals surface area contributed by atoms with Crippen LogP contribution < -0.4 is 10.1 Å². The van der Waals surface area contributed by atoms with Crippen LogP contribution in [0.15, 0.2) is 18.2 Å². The number of hydrogen-bond donors (Lipinski definition) is 2. The number of methoxy groups -OCH3 is 1. The van der Waals surface area contributed by atoms with E-state index in [1.165, 1.54) is 13.2 Å². The first-order chi connectivity index (χ1) is 10.8. The SMILES string of the molecule is COc1cc(CN2CC[C@@H](NC(=O)CC(F)(F)F)C2)ccc1O. The second-order valence-electron chi connectivity index (χ2n) is 5.59. The minimum atomic E-state index is -4.48. The Balaban J connectivity index is 1.85. The van der Waals surface area contributed by atoms with E-state index in [4.69, 9.17) is 4.74 Å². The van der Waals surface area contributed by atoms with Crippen LogP contribution in [0.1, 0.15) is 18.4 Å². The minimum Gasteiger partial charge on any atom is -0.504 e. The lowest BCUT2D eigenvalue weighted by atomic mass is 10.2. The van der Waals surface area contributed by atoms with Gasteiger partial charge in [0.2, 0.25) is 5.91 Å². The number of amides is 1. The van der Waals surface area contributed by atoms with Crippen molar-refractivity contribution < 1.29 is 27.8 Å². The van der Waals surface area contributed by atoms with Crippen molar-refractivity contribution in [3.8, 4) is 11.5 Å². The number of benzene rings is 1. The van der Waals surface area contributed by atoms with Crippen LogP contribution in [-0.2, 0) is 11.3 Å². The van der Waals surface area contributed by atoms with E-state index in [1.807, 2.05) is 4.90 Å². The fourth-order valence-corrected chi connectivity index (χ4v) is 2.63. The van der Waals surface area contributed by atoms with Gasteiger partial charge in [-0.15, -0.1) is 0 Å². The number of halogens is 3. The van der Waals surface area contributed by atoms with Gasteiger partial charge in [-0.25, -0.2) is 0 Å². The van der Waals surface area contributed by atoms with E-state index in [0.717, 1.165) is 5.56 Å². The predicted octanol–water partition coefficient (Wildman–Crippen LogP) is 2.04. The fourth-order valence-electron chi connectivity index (χ4n) is 2.63. The van der Waals surface area contributed by atoms with Crippen LogP contribution in [-0.4, -0.2) is 48.3 Å². The van der Waals surface area contributed by atoms with Crippen molar-refractivity contribution in [2.75, 3.05) is 20.2 Å². The Morgan fingerprint density at radius 1 is 1.48 bits per heavy atom. The number of phenols is 1. The third kappa shape index (κ3) is 5.31. The van der Waals surface area contributed by atoms with E-state index in [1.54, 1.807) is 12.1 Å². The number of nitrogens with zero attached hydrogens (tertiary/aromatic N) is 1. The number of carbonyl (C=O) groups is 1. The maximum atomic E-state index is 12.1. The zero-order valence-corrected chi connectivity index (χ0v) is 12.7. The first-order valence-electron chi connectivity index (χ1n) is 7.21. The smallest absolute Gasteiger partial charge is 0.397 e. The Bertz CT molecular complexity index is 563. The molecule has 1 atom stereocenters. The highest BCUT2D eigenvalue weighted by atomic mass is 19.4. The highest BCUT2D eigenvalue weighted by Gasteiger charge is 2.33. The number of hydrogen-bond acceptors (Lipinski definition) is 4. The molecule has 0 unspecified atom stereocenters. The van der Waals surface area contributed by atoms with E-state index >= 15 is 0 Å². The number of ether oxygens (including phenoxy) is 1. The molecule has 1 aromatic rings. The summed E-state index contributed by atoms with van der Waals surface area (Å²) in [5.74, 6) is -0.567. The summed E-state index contributed by atoms with van der Waals surface area (Å²) >= 11 is 0. The molecular formula is C15H19F3N2O3. The zero-order valence-electron chi connectivity index (χ0n) is 12.7. The van der Waals surface area contributed by atoms with Crippen molar-refractivity contribution in [3.63, 3.8) is 0 Å². The van der Waals surface area contributed by atoms with Crippen LogP contribution in [0.4, 0.5) is 13.2 Å². The normalized spacial score (nSPS) is 18.9. The average Bonchev–Trinajstić information content (AvgIpc) is 2.85. The number of alkyl halides is 3. The number of rotatable bonds is 5. The molecule has 0 bridgehead atoms. The van der Waals surface area contributed by atoms with Gasteiger partial charge in [-0.2, -0.15) is 13.2 Å². The molecule has 8 heteroatoms. The maximum Gasteiger partial charge on any atom is 0.397 e. The molecule has 1 saturated heterocycles. The summed E-state index contributed by atoms with van der Waals surface area (Å²) in [7, 11) is 1.46. The average molecular weight is 332 g/mol. The molecule has 128 valence electrons. The zero-order chi connectivity index (χ0) is 17.0. The lowest BCUT2D eigenvalue weighted by Crippen LogP contribution is -2.38. The number of phenolic OH excluding ortho intramolecular Hbond substituents is 1. The van der Waals surface area contributed by atoms with Gasteiger partial charge < -0.3 is 15.2 Å². The molecule has 0 aromatic heterocycles. The molecule has 0 aliphatic carbocycles. The van der Waals surface area contributed by atoms with Crippen LogP contribution in [0.5, 0.6) is 11.5 Å². The topological polar surface area (TPSA) is 61.8 Å². The number of likely N-dealkylation sites (tertiary alicyclic amines) is 1. The molecule has 1 aliphatic rings. The molecule has 1 heterocycles. The van der Waals surface area contributed by atoms with E-state index in [9.17, 15) is 23.1 Å². The van der Waals surface area contributed by atoms with E-state index in [2.05, 4.69) is 5.32 Å². The van der Waals surface area contributed by atoms with Gasteiger partial charge in [0.1, 0.15) is 6.42 Å². The monoisotopic (exact) mass is 332 g/mol. The van der Waals surface area contributed by atoms with Crippen LogP contribution in [0, 0.1) is 0 Å². The van der Waals surface area contributed by atoms with Gasteiger partial charge >= 0.3 is 6.18 Å². The molecule has 1 aliphatic heterocycles. The van der Waals surface area contributed by atoms with Crippen LogP contribution in [0.25, 0.3) is 0 Å². The first-order valence-corrected chi connectivity index (χ1v) is 7.21. The van der Waals surface area contributed by atoms with Crippen LogP contribution in [0.3, 0.4) is 0 Å². The third-order valence-corrected chi connectivity index (χ3v) is 3.65. The molecule has 0 radical (unpaired) electrons. The minimum absolute atomic E-state index is 0.0509. The molecule has 1 aromatic carbocycles. The van der Waals surface area contributed by atoms with E-state index in [0.29, 0.717) is 31.8 Å². The first kappa shape index (κ1) is 17.4. The number of aromatic hydroxyl groups is 1. The van der Waals surface area contributed by atoms with E-state index in [-0.39, 0.29) is 11.8 Å². The van der Waals surface area contributed by atoms with Crippen molar-refractivity contribution in [3.05, 3.63) is 23.8 Å². The fraction of sp³-hybridized carbons (Fsp3) is 0.533. The Labute approximate surface area is 132 Å². The quantitative estimate of drug-likeness (QED) is 0.866. The van der Waals surface area contributed by atoms with E-state index < -0.39 is 18.5 Å². The number of carbonyl (C=O) groups excluding carboxylic acids is 1. The van der Waals surface area contributed by atoms with Crippen molar-refractivity contribution >= 4 is 5.91 Å². The summed E-state index contributed by atoms with van der Waals surface area (Å²) in [5, 5.41) is 12.0. The van der Waals surface area contributed by atoms with Crippen molar-refractivity contribution in [1.82, 2.24) is 10.2 Å². The van der Waals surface area contributed by atoms with Gasteiger partial charge in [0.15, 0.2) is 11.5 Å². The standard InChI is InChI=1S/C15H19F3N2O3/c1-23-13-6-10(2-3-12(13)21)8-20-5-4-11(9-20)19-14(22)7-15(16,17)18/h2-3,6,11,21H,4-5,7-9H2,1H3,(H,19,22)/t11-/m1/s1. The molecule has 2 N–H and O–H groups in total. The Morgan fingerprint density at radius 3 is 2.87 bits per heavy atom. The lowest BCUT2D eigenvalue weighted by molar-refractivity contribution is -0.154. The van der Waals surface area contributed by atoms with Crippen molar-refractivity contribution in [2.45, 2.75) is 31.6 Å². The van der Waals surface area contributed by atoms with Gasteiger partial charge in [0, 0.05) is 25.7 Å². The highest BCUT2D eigenvalue weighted by Crippen LogP contribution is 2.27. The molecule has 1 fully saturated rings. The molecule has 0 spiro atoms. The molecule has 0 saturated carbocycles. The summed E-state index contributed by atoms with van der Waals surface area (Å²) in [4.78, 5) is 13.3. The molecule has 5 nitrogen and oxygen atoms in total. The summed E-state index contributed by atoms with van der Waals surface area (Å²) in [6, 6.07) is 4.73. The van der Waals surface area contributed by atoms with Gasteiger partial charge in [-0.3, -0.25) is 9.69 Å². The number of nitrogens with one attached hydrogen (secondary N) is 1. The molecule has 2 rings (SSSR count).